The summed E-state index contributed by atoms with van der Waals surface area (Å²) >= 11 is 0. The van der Waals surface area contributed by atoms with E-state index in [-0.39, 0.29) is 19.1 Å². The molecule has 0 saturated heterocycles. The van der Waals surface area contributed by atoms with E-state index in [1.54, 1.807) is 42.5 Å². The molecule has 3 aromatic carbocycles. The smallest absolute Gasteiger partial charge is 0.277 e. The van der Waals surface area contributed by atoms with Crippen molar-refractivity contribution in [2.45, 2.75) is 6.92 Å². The SMILES string of the molecule is COc1ccccc1OCC(=O)N/N=C/c1ccc(OCC(=O)Nc2ccccc2C)cc1. The number of ether oxygens (including phenoxy) is 3. The van der Waals surface area contributed by atoms with Gasteiger partial charge in [0.05, 0.1) is 13.3 Å². The lowest BCUT2D eigenvalue weighted by molar-refractivity contribution is -0.123. The maximum absolute atomic E-state index is 12.1. The maximum Gasteiger partial charge on any atom is 0.277 e. The highest BCUT2D eigenvalue weighted by Gasteiger charge is 2.07. The lowest BCUT2D eigenvalue weighted by Gasteiger charge is -2.09. The first-order valence-electron chi connectivity index (χ1n) is 10.2. The number of para-hydroxylation sites is 3. The van der Waals surface area contributed by atoms with Crippen LogP contribution in [0.1, 0.15) is 11.1 Å². The monoisotopic (exact) mass is 447 g/mol. The minimum atomic E-state index is -0.406. The summed E-state index contributed by atoms with van der Waals surface area (Å²) < 4.78 is 16.1. The molecule has 8 nitrogen and oxygen atoms in total. The van der Waals surface area contributed by atoms with Gasteiger partial charge in [0.15, 0.2) is 24.7 Å². The molecule has 0 aliphatic rings. The van der Waals surface area contributed by atoms with Crippen molar-refractivity contribution in [3.63, 3.8) is 0 Å². The van der Waals surface area contributed by atoms with E-state index in [9.17, 15) is 9.59 Å². The van der Waals surface area contributed by atoms with Crippen LogP contribution in [0.3, 0.4) is 0 Å². The molecule has 8 heteroatoms. The van der Waals surface area contributed by atoms with Gasteiger partial charge in [0.25, 0.3) is 11.8 Å². The second-order valence-electron chi connectivity index (χ2n) is 6.95. The Morgan fingerprint density at radius 3 is 2.24 bits per heavy atom. The van der Waals surface area contributed by atoms with Gasteiger partial charge in [0, 0.05) is 5.69 Å². The Morgan fingerprint density at radius 2 is 1.52 bits per heavy atom. The van der Waals surface area contributed by atoms with E-state index in [1.165, 1.54) is 13.3 Å². The summed E-state index contributed by atoms with van der Waals surface area (Å²) in [5, 5.41) is 6.73. The van der Waals surface area contributed by atoms with Gasteiger partial charge >= 0.3 is 0 Å². The number of nitrogens with zero attached hydrogens (tertiary/aromatic N) is 1. The highest BCUT2D eigenvalue weighted by Crippen LogP contribution is 2.25. The van der Waals surface area contributed by atoms with Gasteiger partial charge in [-0.15, -0.1) is 0 Å². The number of amides is 2. The molecule has 0 fully saturated rings. The molecule has 0 saturated carbocycles. The van der Waals surface area contributed by atoms with E-state index in [4.69, 9.17) is 14.2 Å². The van der Waals surface area contributed by atoms with Gasteiger partial charge in [-0.25, -0.2) is 5.43 Å². The van der Waals surface area contributed by atoms with Crippen LogP contribution in [-0.2, 0) is 9.59 Å². The van der Waals surface area contributed by atoms with Crippen LogP contribution in [0, 0.1) is 6.92 Å². The second kappa shape index (κ2) is 11.9. The van der Waals surface area contributed by atoms with Crippen molar-refractivity contribution < 1.29 is 23.8 Å². The average Bonchev–Trinajstić information content (AvgIpc) is 2.84. The van der Waals surface area contributed by atoms with Crippen LogP contribution in [0.4, 0.5) is 5.69 Å². The van der Waals surface area contributed by atoms with Gasteiger partial charge in [-0.3, -0.25) is 9.59 Å². The number of benzene rings is 3. The number of hydrogen-bond acceptors (Lipinski definition) is 6. The summed E-state index contributed by atoms with van der Waals surface area (Å²) in [6.07, 6.45) is 1.50. The molecule has 0 atom stereocenters. The second-order valence-corrected chi connectivity index (χ2v) is 6.95. The quantitative estimate of drug-likeness (QED) is 0.366. The Kier molecular flexibility index (Phi) is 8.41. The first-order valence-corrected chi connectivity index (χ1v) is 10.2. The van der Waals surface area contributed by atoms with Crippen LogP contribution in [0.5, 0.6) is 17.2 Å². The van der Waals surface area contributed by atoms with E-state index < -0.39 is 5.91 Å². The van der Waals surface area contributed by atoms with Gasteiger partial charge < -0.3 is 19.5 Å². The van der Waals surface area contributed by atoms with E-state index in [0.29, 0.717) is 17.2 Å². The molecule has 0 spiro atoms. The molecule has 2 N–H and O–H groups in total. The van der Waals surface area contributed by atoms with Crippen molar-refractivity contribution in [2.24, 2.45) is 5.10 Å². The number of methoxy groups -OCH3 is 1. The van der Waals surface area contributed by atoms with E-state index in [1.807, 2.05) is 37.3 Å². The first-order chi connectivity index (χ1) is 16.0. The predicted octanol–water partition coefficient (Wildman–Crippen LogP) is 3.55. The Hall–Kier alpha value is -4.33. The largest absolute Gasteiger partial charge is 0.493 e. The van der Waals surface area contributed by atoms with Crippen molar-refractivity contribution in [1.82, 2.24) is 5.43 Å². The summed E-state index contributed by atoms with van der Waals surface area (Å²) in [4.78, 5) is 24.0. The molecule has 3 rings (SSSR count). The third kappa shape index (κ3) is 7.39. The summed E-state index contributed by atoms with van der Waals surface area (Å²) in [5.74, 6) is 0.914. The van der Waals surface area contributed by atoms with E-state index in [2.05, 4.69) is 15.8 Å². The van der Waals surface area contributed by atoms with Crippen LogP contribution < -0.4 is 25.0 Å². The summed E-state index contributed by atoms with van der Waals surface area (Å²) in [6.45, 7) is 1.62. The van der Waals surface area contributed by atoms with Crippen LogP contribution in [0.25, 0.3) is 0 Å². The molecule has 0 unspecified atom stereocenters. The topological polar surface area (TPSA) is 98.2 Å². The van der Waals surface area contributed by atoms with Crippen molar-refractivity contribution in [3.8, 4) is 17.2 Å². The average molecular weight is 447 g/mol. The van der Waals surface area contributed by atoms with E-state index in [0.717, 1.165) is 16.8 Å². The van der Waals surface area contributed by atoms with Crippen LogP contribution in [-0.4, -0.2) is 38.4 Å². The maximum atomic E-state index is 12.1. The predicted molar refractivity (Wildman–Crippen MR) is 126 cm³/mol. The number of anilines is 1. The number of hydrazone groups is 1. The molecule has 3 aromatic rings. The fraction of sp³-hybridized carbons (Fsp3) is 0.160. The van der Waals surface area contributed by atoms with Gasteiger partial charge in [0.2, 0.25) is 0 Å². The van der Waals surface area contributed by atoms with E-state index >= 15 is 0 Å². The number of hydrogen-bond donors (Lipinski definition) is 2. The van der Waals surface area contributed by atoms with Gasteiger partial charge in [-0.2, -0.15) is 5.10 Å². The van der Waals surface area contributed by atoms with Gasteiger partial charge in [-0.05, 0) is 60.5 Å². The zero-order chi connectivity index (χ0) is 23.5. The molecule has 0 aromatic heterocycles. The fourth-order valence-corrected chi connectivity index (χ4v) is 2.79. The number of carbonyl (C=O) groups is 2. The zero-order valence-electron chi connectivity index (χ0n) is 18.4. The number of nitrogens with one attached hydrogen (secondary N) is 2. The molecular formula is C25H25N3O5. The van der Waals surface area contributed by atoms with Gasteiger partial charge in [-0.1, -0.05) is 30.3 Å². The minimum absolute atomic E-state index is 0.107. The van der Waals surface area contributed by atoms with Gasteiger partial charge in [0.1, 0.15) is 5.75 Å². The molecule has 0 heterocycles. The zero-order valence-corrected chi connectivity index (χ0v) is 18.4. The number of rotatable bonds is 10. The molecule has 2 amide bonds. The lowest BCUT2D eigenvalue weighted by atomic mass is 10.2. The highest BCUT2D eigenvalue weighted by atomic mass is 16.5. The Balaban J connectivity index is 1.41. The van der Waals surface area contributed by atoms with Crippen LogP contribution >= 0.6 is 0 Å². The van der Waals surface area contributed by atoms with Crippen molar-refractivity contribution in [2.75, 3.05) is 25.6 Å². The Bertz CT molecular complexity index is 1110. The fourth-order valence-electron chi connectivity index (χ4n) is 2.79. The molecule has 33 heavy (non-hydrogen) atoms. The molecule has 0 radical (unpaired) electrons. The molecule has 0 aliphatic carbocycles. The van der Waals surface area contributed by atoms with Crippen LogP contribution in [0.2, 0.25) is 0 Å². The first kappa shape index (κ1) is 23.3. The highest BCUT2D eigenvalue weighted by molar-refractivity contribution is 5.92. The Morgan fingerprint density at radius 1 is 0.848 bits per heavy atom. The lowest BCUT2D eigenvalue weighted by Crippen LogP contribution is -2.24. The summed E-state index contributed by atoms with van der Waals surface area (Å²) in [5.41, 5.74) is 4.89. The van der Waals surface area contributed by atoms with Crippen molar-refractivity contribution in [3.05, 3.63) is 83.9 Å². The minimum Gasteiger partial charge on any atom is -0.493 e. The number of aryl methyl sites for hydroxylation is 1. The molecule has 0 aliphatic heterocycles. The molecular weight excluding hydrogens is 422 g/mol. The number of carbonyl (C=O) groups excluding carboxylic acids is 2. The third-order valence-corrected chi connectivity index (χ3v) is 4.50. The third-order valence-electron chi connectivity index (χ3n) is 4.50. The summed E-state index contributed by atoms with van der Waals surface area (Å²) in [6, 6.07) is 21.5. The molecule has 170 valence electrons. The van der Waals surface area contributed by atoms with Crippen molar-refractivity contribution in [1.29, 1.82) is 0 Å². The standard InChI is InChI=1S/C25H25N3O5/c1-18-7-3-4-8-21(18)27-24(29)16-32-20-13-11-19(12-14-20)15-26-28-25(30)17-33-23-10-6-5-9-22(23)31-2/h3-15H,16-17H2,1-2H3,(H,27,29)(H,28,30)/b26-15+. The van der Waals surface area contributed by atoms with Crippen LogP contribution in [0.15, 0.2) is 77.9 Å². The van der Waals surface area contributed by atoms with Crippen molar-refractivity contribution >= 4 is 23.7 Å². The normalized spacial score (nSPS) is 10.5. The summed E-state index contributed by atoms with van der Waals surface area (Å²) in [7, 11) is 1.53. The molecule has 0 bridgehead atoms. The Labute approximate surface area is 192 Å².